The predicted molar refractivity (Wildman–Crippen MR) is 52.5 cm³/mol. The molecule has 0 aromatic rings. The van der Waals surface area contributed by atoms with Crippen LogP contribution in [-0.2, 0) is 0 Å². The van der Waals surface area contributed by atoms with Gasteiger partial charge in [0.1, 0.15) is 0 Å². The number of hydrogen-bond donors (Lipinski definition) is 2. The molecule has 1 rings (SSSR count). The van der Waals surface area contributed by atoms with Gasteiger partial charge in [-0.1, -0.05) is 0 Å². The van der Waals surface area contributed by atoms with Crippen LogP contribution in [0.2, 0.25) is 0 Å². The molecule has 78 valence electrons. The lowest BCUT2D eigenvalue weighted by atomic mass is 10.0. The average Bonchev–Trinajstić information content (AvgIpc) is 2.53. The highest BCUT2D eigenvalue weighted by Gasteiger charge is 2.25. The normalized spacial score (nSPS) is 26.5. The minimum absolute atomic E-state index is 0.164. The molecule has 0 radical (unpaired) electrons. The fourth-order valence-electron chi connectivity index (χ4n) is 1.91. The van der Waals surface area contributed by atoms with Gasteiger partial charge < -0.3 is 15.1 Å². The van der Waals surface area contributed by atoms with Crippen LogP contribution in [0.5, 0.6) is 0 Å². The van der Waals surface area contributed by atoms with Gasteiger partial charge in [-0.25, -0.2) is 0 Å². The number of nitrogens with zero attached hydrogens (tertiary/aromatic N) is 1. The molecule has 0 amide bonds. The van der Waals surface area contributed by atoms with Gasteiger partial charge in [-0.2, -0.15) is 0 Å². The Balaban J connectivity index is 2.10. The van der Waals surface area contributed by atoms with Crippen LogP contribution in [0, 0.1) is 5.92 Å². The first-order valence-electron chi connectivity index (χ1n) is 5.25. The van der Waals surface area contributed by atoms with E-state index in [1.807, 2.05) is 6.92 Å². The fourth-order valence-corrected chi connectivity index (χ4v) is 1.91. The van der Waals surface area contributed by atoms with E-state index in [0.29, 0.717) is 12.5 Å². The Hall–Kier alpha value is -0.120. The number of likely N-dealkylation sites (tertiary alicyclic amines) is 1. The van der Waals surface area contributed by atoms with Crippen molar-refractivity contribution in [1.29, 1.82) is 0 Å². The van der Waals surface area contributed by atoms with Gasteiger partial charge in [0, 0.05) is 13.2 Å². The topological polar surface area (TPSA) is 43.7 Å². The van der Waals surface area contributed by atoms with Gasteiger partial charge in [-0.3, -0.25) is 0 Å². The van der Waals surface area contributed by atoms with Crippen molar-refractivity contribution < 1.29 is 10.2 Å². The van der Waals surface area contributed by atoms with E-state index in [0.717, 1.165) is 38.9 Å². The molecule has 1 heterocycles. The molecular formula is C10H21NO2. The summed E-state index contributed by atoms with van der Waals surface area (Å²) in [6, 6.07) is 0. The monoisotopic (exact) mass is 187 g/mol. The van der Waals surface area contributed by atoms with E-state index in [9.17, 15) is 5.11 Å². The van der Waals surface area contributed by atoms with Gasteiger partial charge in [0.05, 0.1) is 6.10 Å². The summed E-state index contributed by atoms with van der Waals surface area (Å²) in [5, 5.41) is 18.0. The van der Waals surface area contributed by atoms with Gasteiger partial charge in [-0.05, 0) is 45.2 Å². The van der Waals surface area contributed by atoms with Gasteiger partial charge in [0.25, 0.3) is 0 Å². The van der Waals surface area contributed by atoms with E-state index in [-0.39, 0.29) is 6.10 Å². The maximum atomic E-state index is 9.37. The molecule has 0 saturated carbocycles. The Morgan fingerprint density at radius 2 is 2.23 bits per heavy atom. The van der Waals surface area contributed by atoms with Crippen molar-refractivity contribution in [3.8, 4) is 0 Å². The van der Waals surface area contributed by atoms with Crippen LogP contribution in [0.15, 0.2) is 0 Å². The third-order valence-corrected chi connectivity index (χ3v) is 2.87. The standard InChI is InChI=1S/C10H21NO2/c1-9(13)10-4-6-11(8-10)5-2-3-7-12/h9-10,12-13H,2-8H2,1H3. The summed E-state index contributed by atoms with van der Waals surface area (Å²) in [5.74, 6) is 0.467. The van der Waals surface area contributed by atoms with Crippen LogP contribution < -0.4 is 0 Å². The molecule has 0 aromatic heterocycles. The zero-order chi connectivity index (χ0) is 9.68. The fraction of sp³-hybridized carbons (Fsp3) is 1.00. The smallest absolute Gasteiger partial charge is 0.0552 e. The van der Waals surface area contributed by atoms with Crippen molar-refractivity contribution in [3.05, 3.63) is 0 Å². The summed E-state index contributed by atoms with van der Waals surface area (Å²) in [4.78, 5) is 2.38. The van der Waals surface area contributed by atoms with Crippen LogP contribution in [0.1, 0.15) is 26.2 Å². The van der Waals surface area contributed by atoms with E-state index in [1.165, 1.54) is 0 Å². The molecule has 0 aliphatic carbocycles. The third kappa shape index (κ3) is 3.63. The number of aliphatic hydroxyl groups excluding tert-OH is 2. The Morgan fingerprint density at radius 1 is 1.46 bits per heavy atom. The molecule has 1 saturated heterocycles. The highest BCUT2D eigenvalue weighted by Crippen LogP contribution is 2.19. The van der Waals surface area contributed by atoms with Crippen LogP contribution >= 0.6 is 0 Å². The molecule has 13 heavy (non-hydrogen) atoms. The van der Waals surface area contributed by atoms with Crippen molar-refractivity contribution in [2.24, 2.45) is 5.92 Å². The van der Waals surface area contributed by atoms with Crippen molar-refractivity contribution in [1.82, 2.24) is 4.90 Å². The molecule has 1 aliphatic heterocycles. The summed E-state index contributed by atoms with van der Waals surface area (Å²) in [6.07, 6.45) is 2.93. The molecule has 0 spiro atoms. The second-order valence-corrected chi connectivity index (χ2v) is 4.02. The zero-order valence-electron chi connectivity index (χ0n) is 8.45. The number of hydrogen-bond acceptors (Lipinski definition) is 3. The molecule has 0 bridgehead atoms. The average molecular weight is 187 g/mol. The van der Waals surface area contributed by atoms with E-state index < -0.39 is 0 Å². The molecule has 2 N–H and O–H groups in total. The molecule has 3 heteroatoms. The van der Waals surface area contributed by atoms with Crippen molar-refractivity contribution in [2.75, 3.05) is 26.2 Å². The number of rotatable bonds is 5. The summed E-state index contributed by atoms with van der Waals surface area (Å²) >= 11 is 0. The highest BCUT2D eigenvalue weighted by molar-refractivity contribution is 4.78. The lowest BCUT2D eigenvalue weighted by Crippen LogP contribution is -2.25. The van der Waals surface area contributed by atoms with Gasteiger partial charge in [-0.15, -0.1) is 0 Å². The Kier molecular flexibility index (Phi) is 4.70. The van der Waals surface area contributed by atoms with Crippen molar-refractivity contribution >= 4 is 0 Å². The van der Waals surface area contributed by atoms with Gasteiger partial charge in [0.2, 0.25) is 0 Å². The SMILES string of the molecule is CC(O)C1CCN(CCCCO)C1. The summed E-state index contributed by atoms with van der Waals surface area (Å²) in [5.41, 5.74) is 0. The van der Waals surface area contributed by atoms with E-state index in [4.69, 9.17) is 5.11 Å². The van der Waals surface area contributed by atoms with Crippen LogP contribution in [-0.4, -0.2) is 47.5 Å². The maximum absolute atomic E-state index is 9.37. The second kappa shape index (κ2) is 5.58. The first kappa shape index (κ1) is 11.0. The molecule has 1 fully saturated rings. The molecular weight excluding hydrogens is 166 g/mol. The quantitative estimate of drug-likeness (QED) is 0.615. The van der Waals surface area contributed by atoms with Gasteiger partial charge >= 0.3 is 0 Å². The highest BCUT2D eigenvalue weighted by atomic mass is 16.3. The first-order valence-corrected chi connectivity index (χ1v) is 5.25. The van der Waals surface area contributed by atoms with E-state index >= 15 is 0 Å². The summed E-state index contributed by atoms with van der Waals surface area (Å²) in [6.45, 7) is 5.39. The molecule has 0 aromatic carbocycles. The first-order chi connectivity index (χ1) is 6.24. The molecule has 3 nitrogen and oxygen atoms in total. The summed E-state index contributed by atoms with van der Waals surface area (Å²) < 4.78 is 0. The Labute approximate surface area is 80.4 Å². The second-order valence-electron chi connectivity index (χ2n) is 4.02. The third-order valence-electron chi connectivity index (χ3n) is 2.87. The lowest BCUT2D eigenvalue weighted by Gasteiger charge is -2.16. The maximum Gasteiger partial charge on any atom is 0.0552 e. The van der Waals surface area contributed by atoms with Crippen LogP contribution in [0.3, 0.4) is 0 Å². The summed E-state index contributed by atoms with van der Waals surface area (Å²) in [7, 11) is 0. The molecule has 2 atom stereocenters. The minimum atomic E-state index is -0.164. The van der Waals surface area contributed by atoms with E-state index in [1.54, 1.807) is 0 Å². The molecule has 1 aliphatic rings. The Morgan fingerprint density at radius 3 is 2.77 bits per heavy atom. The minimum Gasteiger partial charge on any atom is -0.396 e. The van der Waals surface area contributed by atoms with E-state index in [2.05, 4.69) is 4.90 Å². The largest absolute Gasteiger partial charge is 0.396 e. The van der Waals surface area contributed by atoms with Crippen molar-refractivity contribution in [3.63, 3.8) is 0 Å². The number of aliphatic hydroxyl groups is 2. The van der Waals surface area contributed by atoms with Gasteiger partial charge in [0.15, 0.2) is 0 Å². The van der Waals surface area contributed by atoms with Crippen molar-refractivity contribution in [2.45, 2.75) is 32.3 Å². The lowest BCUT2D eigenvalue weighted by molar-refractivity contribution is 0.127. The predicted octanol–water partition coefficient (Wildman–Crippen LogP) is 0.462. The Bertz CT molecular complexity index is 139. The molecule has 2 unspecified atom stereocenters. The zero-order valence-corrected chi connectivity index (χ0v) is 8.45. The van der Waals surface area contributed by atoms with Crippen LogP contribution in [0.25, 0.3) is 0 Å². The number of unbranched alkanes of at least 4 members (excludes halogenated alkanes) is 1. The van der Waals surface area contributed by atoms with Crippen LogP contribution in [0.4, 0.5) is 0 Å².